The predicted octanol–water partition coefficient (Wildman–Crippen LogP) is 4.10. The molecule has 126 valence electrons. The van der Waals surface area contributed by atoms with Crippen molar-refractivity contribution in [2.75, 3.05) is 6.61 Å². The monoisotopic (exact) mass is 332 g/mol. The van der Waals surface area contributed by atoms with Crippen molar-refractivity contribution in [3.63, 3.8) is 0 Å². The van der Waals surface area contributed by atoms with Crippen LogP contribution in [-0.4, -0.2) is 16.2 Å². The van der Waals surface area contributed by atoms with Crippen LogP contribution in [0.2, 0.25) is 0 Å². The Labute approximate surface area is 147 Å². The van der Waals surface area contributed by atoms with Gasteiger partial charge in [0.05, 0.1) is 6.61 Å². The van der Waals surface area contributed by atoms with Crippen molar-refractivity contribution in [1.82, 2.24) is 9.55 Å². The highest BCUT2D eigenvalue weighted by Gasteiger charge is 2.16. The van der Waals surface area contributed by atoms with Crippen LogP contribution in [0.15, 0.2) is 54.9 Å². The van der Waals surface area contributed by atoms with Crippen molar-refractivity contribution in [2.45, 2.75) is 13.0 Å². The van der Waals surface area contributed by atoms with Crippen LogP contribution in [0.3, 0.4) is 0 Å². The van der Waals surface area contributed by atoms with Crippen molar-refractivity contribution in [3.05, 3.63) is 77.4 Å². The molecular formula is C21H20N2O2. The Hall–Kier alpha value is -3.01. The average Bonchev–Trinajstić information content (AvgIpc) is 3.26. The molecule has 0 aliphatic carbocycles. The van der Waals surface area contributed by atoms with Gasteiger partial charge in [-0.2, -0.15) is 0 Å². The molecule has 0 amide bonds. The third-order valence-electron chi connectivity index (χ3n) is 4.33. The lowest BCUT2D eigenvalue weighted by Gasteiger charge is -2.11. The van der Waals surface area contributed by atoms with Crippen LogP contribution >= 0.6 is 0 Å². The maximum atomic E-state index is 6.11. The molecule has 25 heavy (non-hydrogen) atoms. The average molecular weight is 332 g/mol. The third kappa shape index (κ3) is 3.43. The number of rotatable bonds is 5. The summed E-state index contributed by atoms with van der Waals surface area (Å²) < 4.78 is 13.8. The van der Waals surface area contributed by atoms with Crippen molar-refractivity contribution in [3.8, 4) is 11.5 Å². The quantitative estimate of drug-likeness (QED) is 0.705. The minimum absolute atomic E-state index is 0.545. The van der Waals surface area contributed by atoms with Crippen LogP contribution in [0, 0.1) is 0 Å². The van der Waals surface area contributed by atoms with Crippen LogP contribution in [0.4, 0.5) is 0 Å². The molecule has 1 aliphatic heterocycles. The summed E-state index contributed by atoms with van der Waals surface area (Å²) in [5.74, 6) is 2.72. The standard InChI is InChI=1S/C21H20N2O2/c1-23-11-10-22-21(23)8-7-17-13-19-18(9-12-24-19)14-20(17)25-15-16-5-3-2-4-6-16/h2-8,10-11,13-14H,9,12,15H2,1H3/b8-7+. The van der Waals surface area contributed by atoms with Gasteiger partial charge >= 0.3 is 0 Å². The number of aromatic nitrogens is 2. The normalized spacial score (nSPS) is 13.0. The number of imidazole rings is 1. The summed E-state index contributed by atoms with van der Waals surface area (Å²) in [5, 5.41) is 0. The Balaban J connectivity index is 1.62. The van der Waals surface area contributed by atoms with Gasteiger partial charge in [0.25, 0.3) is 0 Å². The van der Waals surface area contributed by atoms with Gasteiger partial charge in [0.1, 0.15) is 23.9 Å². The second-order valence-electron chi connectivity index (χ2n) is 6.10. The Morgan fingerprint density at radius 2 is 2.08 bits per heavy atom. The van der Waals surface area contributed by atoms with E-state index in [1.54, 1.807) is 6.20 Å². The number of fused-ring (bicyclic) bond motifs is 1. The number of hydrogen-bond acceptors (Lipinski definition) is 3. The first-order chi connectivity index (χ1) is 12.3. The summed E-state index contributed by atoms with van der Waals surface area (Å²) in [6, 6.07) is 14.4. The van der Waals surface area contributed by atoms with Crippen LogP contribution < -0.4 is 9.47 Å². The Morgan fingerprint density at radius 1 is 1.20 bits per heavy atom. The molecule has 2 heterocycles. The molecule has 0 bridgehead atoms. The molecule has 0 saturated carbocycles. The molecule has 3 aromatic rings. The third-order valence-corrected chi connectivity index (χ3v) is 4.33. The second-order valence-corrected chi connectivity index (χ2v) is 6.10. The number of hydrogen-bond donors (Lipinski definition) is 0. The fourth-order valence-electron chi connectivity index (χ4n) is 2.91. The first-order valence-corrected chi connectivity index (χ1v) is 8.41. The van der Waals surface area contributed by atoms with Gasteiger partial charge in [-0.05, 0) is 29.8 Å². The molecule has 0 saturated heterocycles. The molecule has 1 aromatic heterocycles. The van der Waals surface area contributed by atoms with E-state index < -0.39 is 0 Å². The summed E-state index contributed by atoms with van der Waals surface area (Å²) in [5.41, 5.74) is 3.36. The Kier molecular flexibility index (Phi) is 4.25. The van der Waals surface area contributed by atoms with Gasteiger partial charge in [0, 0.05) is 37.0 Å². The Morgan fingerprint density at radius 3 is 2.88 bits per heavy atom. The summed E-state index contributed by atoms with van der Waals surface area (Å²) in [7, 11) is 1.98. The minimum atomic E-state index is 0.545. The summed E-state index contributed by atoms with van der Waals surface area (Å²) in [6.07, 6.45) is 8.67. The van der Waals surface area contributed by atoms with Crippen molar-refractivity contribution in [1.29, 1.82) is 0 Å². The minimum Gasteiger partial charge on any atom is -0.493 e. The highest BCUT2D eigenvalue weighted by atomic mass is 16.5. The summed E-state index contributed by atoms with van der Waals surface area (Å²) >= 11 is 0. The number of benzene rings is 2. The topological polar surface area (TPSA) is 36.3 Å². The zero-order valence-corrected chi connectivity index (χ0v) is 14.2. The smallest absolute Gasteiger partial charge is 0.132 e. The van der Waals surface area contributed by atoms with E-state index >= 15 is 0 Å². The van der Waals surface area contributed by atoms with Crippen LogP contribution in [0.1, 0.15) is 22.5 Å². The summed E-state index contributed by atoms with van der Waals surface area (Å²) in [4.78, 5) is 4.33. The van der Waals surface area contributed by atoms with Gasteiger partial charge in [-0.1, -0.05) is 30.3 Å². The Bertz CT molecular complexity index is 898. The zero-order chi connectivity index (χ0) is 17.1. The van der Waals surface area contributed by atoms with Crippen molar-refractivity contribution in [2.24, 2.45) is 7.05 Å². The summed E-state index contributed by atoms with van der Waals surface area (Å²) in [6.45, 7) is 1.28. The van der Waals surface area contributed by atoms with Gasteiger partial charge in [0.2, 0.25) is 0 Å². The van der Waals surface area contributed by atoms with E-state index in [9.17, 15) is 0 Å². The van der Waals surface area contributed by atoms with Crippen molar-refractivity contribution >= 4 is 12.2 Å². The maximum Gasteiger partial charge on any atom is 0.132 e. The first-order valence-electron chi connectivity index (χ1n) is 8.41. The molecule has 0 N–H and O–H groups in total. The highest BCUT2D eigenvalue weighted by molar-refractivity contribution is 5.72. The van der Waals surface area contributed by atoms with E-state index in [1.165, 1.54) is 5.56 Å². The molecule has 2 aromatic carbocycles. The van der Waals surface area contributed by atoms with E-state index in [-0.39, 0.29) is 0 Å². The second kappa shape index (κ2) is 6.85. The molecule has 0 unspecified atom stereocenters. The predicted molar refractivity (Wildman–Crippen MR) is 98.6 cm³/mol. The lowest BCUT2D eigenvalue weighted by atomic mass is 10.1. The van der Waals surface area contributed by atoms with E-state index in [0.29, 0.717) is 6.61 Å². The first kappa shape index (κ1) is 15.5. The van der Waals surface area contributed by atoms with E-state index in [0.717, 1.165) is 41.5 Å². The molecule has 4 heteroatoms. The maximum absolute atomic E-state index is 6.11. The largest absolute Gasteiger partial charge is 0.493 e. The SMILES string of the molecule is Cn1ccnc1/C=C/c1cc2c(cc1OCc1ccccc1)CCO2. The fourth-order valence-corrected chi connectivity index (χ4v) is 2.91. The molecular weight excluding hydrogens is 312 g/mol. The van der Waals surface area contributed by atoms with E-state index in [2.05, 4.69) is 29.2 Å². The van der Waals surface area contributed by atoms with E-state index in [1.807, 2.05) is 48.2 Å². The highest BCUT2D eigenvalue weighted by Crippen LogP contribution is 2.34. The van der Waals surface area contributed by atoms with Gasteiger partial charge < -0.3 is 14.0 Å². The zero-order valence-electron chi connectivity index (χ0n) is 14.2. The lowest BCUT2D eigenvalue weighted by Crippen LogP contribution is -1.98. The molecule has 0 fully saturated rings. The molecule has 4 rings (SSSR count). The van der Waals surface area contributed by atoms with Crippen LogP contribution in [-0.2, 0) is 20.1 Å². The molecule has 0 radical (unpaired) electrons. The van der Waals surface area contributed by atoms with Gasteiger partial charge in [-0.3, -0.25) is 0 Å². The van der Waals surface area contributed by atoms with E-state index in [4.69, 9.17) is 9.47 Å². The number of aryl methyl sites for hydroxylation is 1. The number of nitrogens with zero attached hydrogens (tertiary/aromatic N) is 2. The molecule has 0 spiro atoms. The molecule has 0 atom stereocenters. The lowest BCUT2D eigenvalue weighted by molar-refractivity contribution is 0.305. The van der Waals surface area contributed by atoms with Gasteiger partial charge in [0.15, 0.2) is 0 Å². The molecule has 1 aliphatic rings. The van der Waals surface area contributed by atoms with Gasteiger partial charge in [-0.15, -0.1) is 0 Å². The van der Waals surface area contributed by atoms with Crippen LogP contribution in [0.5, 0.6) is 11.5 Å². The van der Waals surface area contributed by atoms with Crippen molar-refractivity contribution < 1.29 is 9.47 Å². The van der Waals surface area contributed by atoms with Gasteiger partial charge in [-0.25, -0.2) is 4.98 Å². The number of ether oxygens (including phenoxy) is 2. The molecule has 4 nitrogen and oxygen atoms in total. The van der Waals surface area contributed by atoms with Crippen LogP contribution in [0.25, 0.3) is 12.2 Å². The fraction of sp³-hybridized carbons (Fsp3) is 0.190.